The molecule has 3 unspecified atom stereocenters. The molecular formula is C18H27NO. The molecular weight excluding hydrogens is 246 g/mol. The van der Waals surface area contributed by atoms with E-state index in [0.717, 1.165) is 23.5 Å². The first-order valence-electron chi connectivity index (χ1n) is 8.00. The van der Waals surface area contributed by atoms with Gasteiger partial charge in [-0.1, -0.05) is 25.0 Å². The molecule has 2 nitrogen and oxygen atoms in total. The Balaban J connectivity index is 1.92. The van der Waals surface area contributed by atoms with Crippen LogP contribution in [0.4, 0.5) is 0 Å². The molecule has 20 heavy (non-hydrogen) atoms. The minimum Gasteiger partial charge on any atom is -0.496 e. The number of ether oxygens (including phenoxy) is 1. The molecule has 110 valence electrons. The quantitative estimate of drug-likeness (QED) is 0.895. The van der Waals surface area contributed by atoms with Crippen molar-refractivity contribution in [3.05, 3.63) is 28.8 Å². The molecule has 3 rings (SSSR count). The molecule has 3 atom stereocenters. The number of hydrogen-bond acceptors (Lipinski definition) is 2. The van der Waals surface area contributed by atoms with E-state index in [-0.39, 0.29) is 0 Å². The van der Waals surface area contributed by atoms with Gasteiger partial charge in [-0.15, -0.1) is 0 Å². The molecule has 2 aliphatic rings. The van der Waals surface area contributed by atoms with E-state index in [2.05, 4.69) is 38.3 Å². The Labute approximate surface area is 122 Å². The van der Waals surface area contributed by atoms with Gasteiger partial charge in [-0.2, -0.15) is 0 Å². The van der Waals surface area contributed by atoms with Gasteiger partial charge in [0.1, 0.15) is 5.75 Å². The summed E-state index contributed by atoms with van der Waals surface area (Å²) in [6.45, 7) is 4.33. The molecule has 0 aliphatic heterocycles. The maximum atomic E-state index is 5.73. The number of fused-ring (bicyclic) bond motifs is 1. The zero-order chi connectivity index (χ0) is 14.3. The number of aryl methyl sites for hydroxylation is 1. The lowest BCUT2D eigenvalue weighted by Crippen LogP contribution is -2.21. The predicted molar refractivity (Wildman–Crippen MR) is 83.2 cm³/mol. The summed E-state index contributed by atoms with van der Waals surface area (Å²) in [4.78, 5) is 0. The van der Waals surface area contributed by atoms with E-state index in [1.54, 1.807) is 7.11 Å². The maximum Gasteiger partial charge on any atom is 0.126 e. The van der Waals surface area contributed by atoms with Gasteiger partial charge >= 0.3 is 0 Å². The Morgan fingerprint density at radius 2 is 1.80 bits per heavy atom. The molecule has 2 aliphatic carbocycles. The Morgan fingerprint density at radius 3 is 2.35 bits per heavy atom. The third-order valence-corrected chi connectivity index (χ3v) is 5.67. The fraction of sp³-hybridized carbons (Fsp3) is 0.667. The van der Waals surface area contributed by atoms with Crippen LogP contribution in [-0.2, 0) is 0 Å². The third kappa shape index (κ3) is 2.14. The van der Waals surface area contributed by atoms with Crippen LogP contribution >= 0.6 is 0 Å². The lowest BCUT2D eigenvalue weighted by Gasteiger charge is -2.22. The van der Waals surface area contributed by atoms with Crippen LogP contribution in [0.2, 0.25) is 0 Å². The fourth-order valence-corrected chi connectivity index (χ4v) is 4.42. The van der Waals surface area contributed by atoms with Crippen LogP contribution in [0.15, 0.2) is 12.1 Å². The lowest BCUT2D eigenvalue weighted by atomic mass is 9.95. The van der Waals surface area contributed by atoms with Crippen LogP contribution in [-0.4, -0.2) is 14.2 Å². The Hall–Kier alpha value is -1.02. The largest absolute Gasteiger partial charge is 0.496 e. The molecule has 0 spiro atoms. The second kappa shape index (κ2) is 5.40. The van der Waals surface area contributed by atoms with E-state index in [1.807, 2.05) is 0 Å². The molecule has 2 fully saturated rings. The van der Waals surface area contributed by atoms with Crippen molar-refractivity contribution in [3.8, 4) is 5.75 Å². The highest BCUT2D eigenvalue weighted by molar-refractivity contribution is 5.47. The van der Waals surface area contributed by atoms with Crippen molar-refractivity contribution in [1.82, 2.24) is 5.32 Å². The number of benzene rings is 1. The molecule has 0 aromatic heterocycles. The molecule has 2 heteroatoms. The highest BCUT2D eigenvalue weighted by Crippen LogP contribution is 2.61. The topological polar surface area (TPSA) is 21.3 Å². The summed E-state index contributed by atoms with van der Waals surface area (Å²) in [6.07, 6.45) is 5.72. The molecule has 0 radical (unpaired) electrons. The van der Waals surface area contributed by atoms with Crippen LogP contribution in [0.3, 0.4) is 0 Å². The molecule has 1 aromatic carbocycles. The Kier molecular flexibility index (Phi) is 3.76. The summed E-state index contributed by atoms with van der Waals surface area (Å²) in [5.74, 6) is 3.81. The van der Waals surface area contributed by atoms with Crippen molar-refractivity contribution in [2.24, 2.45) is 17.8 Å². The van der Waals surface area contributed by atoms with E-state index in [4.69, 9.17) is 4.74 Å². The molecule has 2 saturated carbocycles. The van der Waals surface area contributed by atoms with Crippen LogP contribution in [0.5, 0.6) is 5.75 Å². The second-order valence-corrected chi connectivity index (χ2v) is 6.59. The Morgan fingerprint density at radius 1 is 1.15 bits per heavy atom. The normalized spacial score (nSPS) is 29.7. The summed E-state index contributed by atoms with van der Waals surface area (Å²) in [5.41, 5.74) is 3.96. The van der Waals surface area contributed by atoms with Gasteiger partial charge in [0.2, 0.25) is 0 Å². The number of hydrogen-bond donors (Lipinski definition) is 1. The van der Waals surface area contributed by atoms with Gasteiger partial charge in [-0.05, 0) is 62.6 Å². The molecule has 0 saturated heterocycles. The van der Waals surface area contributed by atoms with Crippen molar-refractivity contribution in [2.75, 3.05) is 14.2 Å². The van der Waals surface area contributed by atoms with E-state index in [1.165, 1.54) is 42.4 Å². The van der Waals surface area contributed by atoms with E-state index < -0.39 is 0 Å². The van der Waals surface area contributed by atoms with Gasteiger partial charge in [0.05, 0.1) is 7.11 Å². The monoisotopic (exact) mass is 273 g/mol. The molecule has 0 bridgehead atoms. The van der Waals surface area contributed by atoms with Gasteiger partial charge in [-0.25, -0.2) is 0 Å². The number of rotatable bonds is 4. The average Bonchev–Trinajstić information content (AvgIpc) is 3.18. The fourth-order valence-electron chi connectivity index (χ4n) is 4.42. The lowest BCUT2D eigenvalue weighted by molar-refractivity contribution is 0.387. The van der Waals surface area contributed by atoms with Gasteiger partial charge < -0.3 is 10.1 Å². The Bertz CT molecular complexity index is 484. The van der Waals surface area contributed by atoms with Crippen molar-refractivity contribution < 1.29 is 4.74 Å². The van der Waals surface area contributed by atoms with Crippen molar-refractivity contribution in [1.29, 1.82) is 0 Å². The number of methoxy groups -OCH3 is 1. The highest BCUT2D eigenvalue weighted by atomic mass is 16.5. The third-order valence-electron chi connectivity index (χ3n) is 5.67. The van der Waals surface area contributed by atoms with Gasteiger partial charge in [0, 0.05) is 11.6 Å². The van der Waals surface area contributed by atoms with Gasteiger partial charge in [-0.3, -0.25) is 0 Å². The summed E-state index contributed by atoms with van der Waals surface area (Å²) in [5, 5.41) is 3.58. The van der Waals surface area contributed by atoms with E-state index in [0.29, 0.717) is 6.04 Å². The summed E-state index contributed by atoms with van der Waals surface area (Å²) in [7, 11) is 3.90. The van der Waals surface area contributed by atoms with Crippen LogP contribution in [0, 0.1) is 31.6 Å². The van der Waals surface area contributed by atoms with E-state index >= 15 is 0 Å². The van der Waals surface area contributed by atoms with Gasteiger partial charge in [0.25, 0.3) is 0 Å². The maximum absolute atomic E-state index is 5.73. The minimum atomic E-state index is 0.456. The highest BCUT2D eigenvalue weighted by Gasteiger charge is 2.54. The van der Waals surface area contributed by atoms with Crippen molar-refractivity contribution >= 4 is 0 Å². The van der Waals surface area contributed by atoms with Crippen LogP contribution < -0.4 is 10.1 Å². The molecule has 1 N–H and O–H groups in total. The van der Waals surface area contributed by atoms with Crippen LogP contribution in [0.25, 0.3) is 0 Å². The standard InChI is InChI=1S/C18H27NO/c1-11-9-10-15(18(20-4)12(11)2)17(19-3)16-13-7-5-6-8-14(13)16/h9-10,13-14,16-17,19H,5-8H2,1-4H3. The summed E-state index contributed by atoms with van der Waals surface area (Å²) >= 11 is 0. The van der Waals surface area contributed by atoms with Crippen molar-refractivity contribution in [3.63, 3.8) is 0 Å². The summed E-state index contributed by atoms with van der Waals surface area (Å²) < 4.78 is 5.73. The van der Waals surface area contributed by atoms with Gasteiger partial charge in [0.15, 0.2) is 0 Å². The zero-order valence-corrected chi connectivity index (χ0v) is 13.2. The minimum absolute atomic E-state index is 0.456. The first kappa shape index (κ1) is 13.9. The average molecular weight is 273 g/mol. The smallest absolute Gasteiger partial charge is 0.126 e. The van der Waals surface area contributed by atoms with Crippen LogP contribution in [0.1, 0.15) is 48.4 Å². The summed E-state index contributed by atoms with van der Waals surface area (Å²) in [6, 6.07) is 4.97. The molecule has 1 aromatic rings. The molecule has 0 heterocycles. The first-order chi connectivity index (χ1) is 9.69. The predicted octanol–water partition coefficient (Wildman–Crippen LogP) is 4.01. The van der Waals surface area contributed by atoms with E-state index in [9.17, 15) is 0 Å². The number of nitrogens with one attached hydrogen (secondary N) is 1. The zero-order valence-electron chi connectivity index (χ0n) is 13.2. The molecule has 0 amide bonds. The SMILES string of the molecule is CNC(c1ccc(C)c(C)c1OC)C1C2CCCCC21. The van der Waals surface area contributed by atoms with Crippen molar-refractivity contribution in [2.45, 2.75) is 45.6 Å². The first-order valence-corrected chi connectivity index (χ1v) is 8.00. The second-order valence-electron chi connectivity index (χ2n) is 6.59.